The van der Waals surface area contributed by atoms with Gasteiger partial charge in [0.25, 0.3) is 0 Å². The first-order valence-electron chi connectivity index (χ1n) is 16.4. The van der Waals surface area contributed by atoms with Crippen LogP contribution in [0.2, 0.25) is 0 Å². The van der Waals surface area contributed by atoms with Crippen molar-refractivity contribution < 1.29 is 0 Å². The first kappa shape index (κ1) is 29.6. The second-order valence-electron chi connectivity index (χ2n) is 12.2. The molecular weight excluding hydrogens is 573 g/mol. The normalized spacial score (nSPS) is 13.1. The highest BCUT2D eigenvalue weighted by Gasteiger charge is 2.16. The lowest BCUT2D eigenvalue weighted by Gasteiger charge is -2.13. The van der Waals surface area contributed by atoms with Crippen molar-refractivity contribution in [2.24, 2.45) is 5.92 Å². The lowest BCUT2D eigenvalue weighted by Crippen LogP contribution is -2.00. The molecule has 0 spiro atoms. The monoisotopic (exact) mass is 618 g/mol. The summed E-state index contributed by atoms with van der Waals surface area (Å²) in [5, 5.41) is 5.83. The van der Waals surface area contributed by atoms with Crippen LogP contribution in [0.4, 0.5) is 0 Å². The molecule has 0 aliphatic rings. The average molecular weight is 619 g/mol. The molecule has 218 valence electrons. The first-order valence-corrected chi connectivity index (χ1v) is 19.7. The second-order valence-corrected chi connectivity index (χ2v) is 16.7. The Labute approximate surface area is 262 Å². The molecule has 0 N–H and O–H groups in total. The Kier molecular flexibility index (Phi) is 10.0. The van der Waals surface area contributed by atoms with Gasteiger partial charge in [0.1, 0.15) is 0 Å². The number of rotatable bonds is 16. The summed E-state index contributed by atoms with van der Waals surface area (Å²) in [6.45, 7) is 6.99. The minimum absolute atomic E-state index is 0.887. The zero-order valence-corrected chi connectivity index (χ0v) is 28.5. The maximum atomic E-state index is 2.50. The van der Waals surface area contributed by atoms with Crippen molar-refractivity contribution in [2.75, 3.05) is 0 Å². The van der Waals surface area contributed by atoms with Crippen LogP contribution in [-0.4, -0.2) is 0 Å². The summed E-state index contributed by atoms with van der Waals surface area (Å²) in [5.41, 5.74) is 0. The van der Waals surface area contributed by atoms with Crippen molar-refractivity contribution in [1.29, 1.82) is 0 Å². The summed E-state index contributed by atoms with van der Waals surface area (Å²) >= 11 is 8.10. The van der Waals surface area contributed by atoms with E-state index in [9.17, 15) is 0 Å². The van der Waals surface area contributed by atoms with Gasteiger partial charge in [-0.05, 0) is 78.8 Å². The SMILES string of the molecule is CCCCCCCCCCc1cc2cc3c(cc2s1)sc1c2cc4cc(CCC(CC)CCCC)sc4cc2sc31. The van der Waals surface area contributed by atoms with Gasteiger partial charge in [0, 0.05) is 39.3 Å². The van der Waals surface area contributed by atoms with Crippen LogP contribution in [0.25, 0.3) is 49.7 Å². The van der Waals surface area contributed by atoms with Crippen molar-refractivity contribution in [3.8, 4) is 0 Å². The highest BCUT2D eigenvalue weighted by atomic mass is 32.1. The summed E-state index contributed by atoms with van der Waals surface area (Å²) in [5.74, 6) is 0.887. The molecule has 6 rings (SSSR count). The third kappa shape index (κ3) is 6.71. The number of benzene rings is 2. The van der Waals surface area contributed by atoms with Crippen LogP contribution in [0.3, 0.4) is 0 Å². The molecular formula is C37H46S4. The average Bonchev–Trinajstić information content (AvgIpc) is 3.73. The van der Waals surface area contributed by atoms with Gasteiger partial charge in [-0.3, -0.25) is 0 Å². The molecule has 6 aromatic rings. The molecule has 0 saturated carbocycles. The molecule has 4 heteroatoms. The van der Waals surface area contributed by atoms with Crippen LogP contribution in [-0.2, 0) is 12.8 Å². The minimum Gasteiger partial charge on any atom is -0.140 e. The van der Waals surface area contributed by atoms with E-state index in [1.807, 2.05) is 45.3 Å². The third-order valence-corrected chi connectivity index (χ3v) is 13.9. The van der Waals surface area contributed by atoms with Crippen LogP contribution in [0, 0.1) is 5.92 Å². The summed E-state index contributed by atoms with van der Waals surface area (Å²) in [6, 6.07) is 14.9. The molecule has 0 aliphatic carbocycles. The fraction of sp³-hybridized carbons (Fsp3) is 0.514. The molecule has 1 unspecified atom stereocenters. The quantitative estimate of drug-likeness (QED) is 0.0947. The van der Waals surface area contributed by atoms with Crippen molar-refractivity contribution in [3.63, 3.8) is 0 Å². The van der Waals surface area contributed by atoms with Crippen LogP contribution in [0.1, 0.15) is 114 Å². The fourth-order valence-electron chi connectivity index (χ4n) is 6.51. The Balaban J connectivity index is 1.17. The molecule has 0 amide bonds. The number of unbranched alkanes of at least 4 members (excludes halogenated alkanes) is 8. The van der Waals surface area contributed by atoms with E-state index < -0.39 is 0 Å². The molecule has 0 bridgehead atoms. The molecule has 0 nitrogen and oxygen atoms in total. The lowest BCUT2D eigenvalue weighted by atomic mass is 9.94. The molecule has 1 atom stereocenters. The molecule has 4 heterocycles. The third-order valence-electron chi connectivity index (χ3n) is 9.08. The molecule has 0 aliphatic heterocycles. The second kappa shape index (κ2) is 13.9. The topological polar surface area (TPSA) is 0 Å². The van der Waals surface area contributed by atoms with Gasteiger partial charge in [0.05, 0.1) is 9.40 Å². The molecule has 2 aromatic carbocycles. The van der Waals surface area contributed by atoms with E-state index in [0.717, 1.165) is 5.92 Å². The summed E-state index contributed by atoms with van der Waals surface area (Å²) < 4.78 is 8.86. The van der Waals surface area contributed by atoms with Crippen LogP contribution in [0.5, 0.6) is 0 Å². The van der Waals surface area contributed by atoms with Gasteiger partial charge < -0.3 is 0 Å². The van der Waals surface area contributed by atoms with Crippen LogP contribution >= 0.6 is 45.3 Å². The van der Waals surface area contributed by atoms with Crippen LogP contribution < -0.4 is 0 Å². The minimum atomic E-state index is 0.887. The Hall–Kier alpha value is -1.46. The number of aryl methyl sites for hydroxylation is 2. The van der Waals surface area contributed by atoms with E-state index in [2.05, 4.69) is 57.2 Å². The lowest BCUT2D eigenvalue weighted by molar-refractivity contribution is 0.423. The van der Waals surface area contributed by atoms with Crippen molar-refractivity contribution in [2.45, 2.75) is 117 Å². The van der Waals surface area contributed by atoms with Gasteiger partial charge in [0.15, 0.2) is 0 Å². The number of hydrogen-bond donors (Lipinski definition) is 0. The van der Waals surface area contributed by atoms with E-state index in [4.69, 9.17) is 0 Å². The number of hydrogen-bond acceptors (Lipinski definition) is 4. The molecule has 41 heavy (non-hydrogen) atoms. The number of fused-ring (bicyclic) bond motifs is 7. The maximum Gasteiger partial charge on any atom is 0.0542 e. The van der Waals surface area contributed by atoms with Gasteiger partial charge in [-0.15, -0.1) is 45.3 Å². The van der Waals surface area contributed by atoms with Gasteiger partial charge >= 0.3 is 0 Å². The Morgan fingerprint density at radius 1 is 0.488 bits per heavy atom. The smallest absolute Gasteiger partial charge is 0.0542 e. The van der Waals surface area contributed by atoms with Crippen molar-refractivity contribution >= 4 is 95.1 Å². The largest absolute Gasteiger partial charge is 0.140 e. The molecule has 0 radical (unpaired) electrons. The highest BCUT2D eigenvalue weighted by Crippen LogP contribution is 2.47. The summed E-state index contributed by atoms with van der Waals surface area (Å²) in [6.07, 6.45) is 20.4. The van der Waals surface area contributed by atoms with E-state index in [1.165, 1.54) is 146 Å². The Morgan fingerprint density at radius 2 is 1.02 bits per heavy atom. The Morgan fingerprint density at radius 3 is 1.59 bits per heavy atom. The van der Waals surface area contributed by atoms with Crippen LogP contribution in [0.15, 0.2) is 36.4 Å². The summed E-state index contributed by atoms with van der Waals surface area (Å²) in [4.78, 5) is 3.14. The van der Waals surface area contributed by atoms with E-state index in [-0.39, 0.29) is 0 Å². The Bertz CT molecular complexity index is 1720. The summed E-state index contributed by atoms with van der Waals surface area (Å²) in [7, 11) is 0. The molecule has 4 aromatic heterocycles. The van der Waals surface area contributed by atoms with Crippen molar-refractivity contribution in [3.05, 3.63) is 46.2 Å². The van der Waals surface area contributed by atoms with E-state index in [1.54, 1.807) is 9.75 Å². The zero-order valence-electron chi connectivity index (χ0n) is 25.3. The van der Waals surface area contributed by atoms with Gasteiger partial charge in [-0.1, -0.05) is 91.4 Å². The standard InChI is InChI=1S/C37H46S4/c1-4-7-9-10-11-12-13-14-16-28-19-26-21-30-34(23-32(26)38-28)40-37-31-22-27-20-29(18-17-25(6-3)15-8-5-2)39-33(27)24-35(31)41-36(30)37/h19-25H,4-18H2,1-3H3. The zero-order chi connectivity index (χ0) is 28.2. The predicted octanol–water partition coefficient (Wildman–Crippen LogP) is 14.5. The van der Waals surface area contributed by atoms with Gasteiger partial charge in [-0.2, -0.15) is 0 Å². The number of thiophene rings is 4. The highest BCUT2D eigenvalue weighted by molar-refractivity contribution is 7.37. The predicted molar refractivity (Wildman–Crippen MR) is 193 cm³/mol. The molecule has 0 fully saturated rings. The first-order chi connectivity index (χ1) is 20.2. The van der Waals surface area contributed by atoms with E-state index in [0.29, 0.717) is 0 Å². The fourth-order valence-corrected chi connectivity index (χ4v) is 11.6. The maximum absolute atomic E-state index is 2.50. The van der Waals surface area contributed by atoms with Gasteiger partial charge in [-0.25, -0.2) is 0 Å². The van der Waals surface area contributed by atoms with Gasteiger partial charge in [0.2, 0.25) is 0 Å². The van der Waals surface area contributed by atoms with E-state index >= 15 is 0 Å². The molecule has 0 saturated heterocycles. The van der Waals surface area contributed by atoms with Crippen molar-refractivity contribution in [1.82, 2.24) is 0 Å².